The predicted octanol–water partition coefficient (Wildman–Crippen LogP) is 33.4. The summed E-state index contributed by atoms with van der Waals surface area (Å²) in [6, 6.07) is 163. The standard InChI is InChI=1S/C49H33N.C49H35N.C38H30N2/c1-48(2)39-18-8-6-16-37(39)47-46(48)45(38-17-7-12-22-44(38)50-47)31-25-23-30(24-26-31)32-27-28-36-35-15-5-11-21-42(35)49(43(36)29-32)40-19-9-3-13-33(40)34-14-4-10-20-41(34)49;1-48(2)41-22-12-10-20-39(41)47-46(48)45(40-21-11-14-24-44(40)50-47)33-27-25-32(26-28-33)34-29-30-38-37-19-9-13-23-42(37)49(43(38)31-34,35-15-5-3-6-16-35)36-17-7-4-8-18-36;1-38(2)30-17-9-6-14-27(30)37-35(38)33(28-15-7-10-18-31(28)40-37)24-20-22-25(23-21-24)34-29-16-8-11-19-32(29)39-36(34)26-12-4-3-5-13-26/h3-29H,1-2H3;3-31H,1-2H3;3-23,29,32,34H,1-2H3. The largest absolute Gasteiger partial charge is 0.280 e. The summed E-state index contributed by atoms with van der Waals surface area (Å²) in [5.41, 5.74) is 51.9. The summed E-state index contributed by atoms with van der Waals surface area (Å²) < 4.78 is 0. The van der Waals surface area contributed by atoms with Crippen molar-refractivity contribution in [2.24, 2.45) is 10.9 Å². The molecule has 29 rings (SSSR count). The number of hydrogen-bond donors (Lipinski definition) is 0. The van der Waals surface area contributed by atoms with E-state index in [2.05, 4.69) is 509 Å². The van der Waals surface area contributed by atoms with Crippen molar-refractivity contribution in [3.63, 3.8) is 0 Å². The molecule has 0 amide bonds. The fraction of sp³-hybridized carbons (Fsp3) is 0.103. The Morgan fingerprint density at radius 2 is 0.500 bits per heavy atom. The maximum Gasteiger partial charge on any atom is 0.0759 e. The first-order valence-electron chi connectivity index (χ1n) is 49.4. The van der Waals surface area contributed by atoms with Gasteiger partial charge in [-0.1, -0.05) is 478 Å². The summed E-state index contributed by atoms with van der Waals surface area (Å²) in [5, 5.41) is 3.61. The number of pyridine rings is 3. The van der Waals surface area contributed by atoms with Crippen LogP contribution in [0.15, 0.2) is 472 Å². The lowest BCUT2D eigenvalue weighted by atomic mass is 9.67. The molecule has 0 bridgehead atoms. The monoisotopic (exact) mass is 1790 g/mol. The summed E-state index contributed by atoms with van der Waals surface area (Å²) in [5.74, 6) is 0.564. The number of allylic oxidation sites excluding steroid dienone is 2. The predicted molar refractivity (Wildman–Crippen MR) is 580 cm³/mol. The Hall–Kier alpha value is -16.7. The first-order chi connectivity index (χ1) is 68.7. The van der Waals surface area contributed by atoms with Crippen molar-refractivity contribution in [1.82, 2.24) is 15.0 Å². The first kappa shape index (κ1) is 82.8. The number of aromatic nitrogens is 3. The fourth-order valence-corrected chi connectivity index (χ4v) is 26.2. The van der Waals surface area contributed by atoms with Gasteiger partial charge < -0.3 is 0 Å². The van der Waals surface area contributed by atoms with Gasteiger partial charge in [-0.25, -0.2) is 15.0 Å². The van der Waals surface area contributed by atoms with E-state index >= 15 is 0 Å². The molecular weight excluding hydrogens is 1690 g/mol. The molecule has 0 saturated carbocycles. The van der Waals surface area contributed by atoms with Crippen LogP contribution in [-0.2, 0) is 27.1 Å². The normalized spacial score (nSPS) is 16.7. The number of benzene rings is 18. The minimum absolute atomic E-state index is 0.137. The molecule has 3 unspecified atom stereocenters. The number of fused-ring (bicyclic) bond motifs is 26. The molecule has 3 atom stereocenters. The van der Waals surface area contributed by atoms with E-state index in [1.54, 1.807) is 0 Å². The van der Waals surface area contributed by atoms with Gasteiger partial charge in [0.05, 0.1) is 56.2 Å². The van der Waals surface area contributed by atoms with Gasteiger partial charge in [0.1, 0.15) is 0 Å². The third kappa shape index (κ3) is 12.1. The van der Waals surface area contributed by atoms with E-state index in [0.717, 1.165) is 33.6 Å². The second-order valence-corrected chi connectivity index (χ2v) is 40.6. The Morgan fingerprint density at radius 3 is 0.886 bits per heavy atom. The smallest absolute Gasteiger partial charge is 0.0759 e. The summed E-state index contributed by atoms with van der Waals surface area (Å²) >= 11 is 0. The zero-order valence-electron chi connectivity index (χ0n) is 79.0. The highest BCUT2D eigenvalue weighted by molar-refractivity contribution is 6.09. The molecule has 1 spiro atoms. The van der Waals surface area contributed by atoms with E-state index < -0.39 is 5.41 Å². The van der Waals surface area contributed by atoms with Crippen molar-refractivity contribution in [2.75, 3.05) is 0 Å². The molecule has 18 aromatic carbocycles. The zero-order valence-corrected chi connectivity index (χ0v) is 79.0. The summed E-state index contributed by atoms with van der Waals surface area (Å²) in [6.45, 7) is 14.1. The molecule has 0 N–H and O–H groups in total. The van der Waals surface area contributed by atoms with Gasteiger partial charge >= 0.3 is 0 Å². The van der Waals surface area contributed by atoms with Gasteiger partial charge in [0.25, 0.3) is 0 Å². The molecule has 0 saturated heterocycles. The Balaban J connectivity index is 0.000000106. The maximum atomic E-state index is 5.26. The van der Waals surface area contributed by atoms with Crippen LogP contribution in [0.3, 0.4) is 0 Å². The van der Waals surface area contributed by atoms with Crippen LogP contribution >= 0.6 is 0 Å². The van der Waals surface area contributed by atoms with Crippen molar-refractivity contribution >= 4 is 38.4 Å². The van der Waals surface area contributed by atoms with Crippen LogP contribution < -0.4 is 0 Å². The molecule has 8 aliphatic rings. The van der Waals surface area contributed by atoms with Gasteiger partial charge in [0, 0.05) is 60.9 Å². The minimum atomic E-state index is -0.415. The molecule has 21 aromatic rings. The summed E-state index contributed by atoms with van der Waals surface area (Å²) in [7, 11) is 0. The number of aliphatic imine (C=N–C) groups is 1. The molecule has 4 heterocycles. The Labute approximate surface area is 818 Å². The number of hydrogen-bond acceptors (Lipinski definition) is 4. The summed E-state index contributed by atoms with van der Waals surface area (Å²) in [4.78, 5) is 21.0. The van der Waals surface area contributed by atoms with Crippen LogP contribution in [0.4, 0.5) is 0 Å². The summed E-state index contributed by atoms with van der Waals surface area (Å²) in [6.07, 6.45) is 8.89. The van der Waals surface area contributed by atoms with Crippen molar-refractivity contribution in [1.29, 1.82) is 0 Å². The van der Waals surface area contributed by atoms with Gasteiger partial charge in [-0.05, 0) is 208 Å². The van der Waals surface area contributed by atoms with E-state index in [4.69, 9.17) is 19.9 Å². The minimum Gasteiger partial charge on any atom is -0.280 e. The fourth-order valence-electron chi connectivity index (χ4n) is 26.2. The number of rotatable bonds is 9. The van der Waals surface area contributed by atoms with E-state index in [-0.39, 0.29) is 33.6 Å². The average Bonchev–Trinajstić information content (AvgIpc) is 1.55. The second kappa shape index (κ2) is 31.7. The Kier molecular flexibility index (Phi) is 18.7. The third-order valence-electron chi connectivity index (χ3n) is 32.3. The van der Waals surface area contributed by atoms with Gasteiger partial charge in [-0.15, -0.1) is 0 Å². The van der Waals surface area contributed by atoms with E-state index in [9.17, 15) is 0 Å². The van der Waals surface area contributed by atoms with E-state index in [1.807, 2.05) is 0 Å². The molecule has 0 fully saturated rings. The average molecular weight is 1790 g/mol. The molecule has 7 aliphatic carbocycles. The van der Waals surface area contributed by atoms with Gasteiger partial charge in [0.2, 0.25) is 0 Å². The van der Waals surface area contributed by atoms with Crippen molar-refractivity contribution in [2.45, 2.75) is 80.6 Å². The maximum absolute atomic E-state index is 5.26. The Morgan fingerprint density at radius 1 is 0.214 bits per heavy atom. The van der Waals surface area contributed by atoms with Crippen LogP contribution in [-0.4, -0.2) is 26.7 Å². The number of para-hydroxylation sites is 3. The molecule has 0 radical (unpaired) electrons. The van der Waals surface area contributed by atoms with Crippen LogP contribution in [0.2, 0.25) is 0 Å². The molecule has 3 aromatic heterocycles. The van der Waals surface area contributed by atoms with Gasteiger partial charge in [-0.3, -0.25) is 4.99 Å². The topological polar surface area (TPSA) is 51.0 Å². The second-order valence-electron chi connectivity index (χ2n) is 40.6. The first-order valence-corrected chi connectivity index (χ1v) is 49.4. The zero-order chi connectivity index (χ0) is 93.5. The van der Waals surface area contributed by atoms with Crippen molar-refractivity contribution < 1.29 is 0 Å². The molecule has 4 nitrogen and oxygen atoms in total. The molecule has 662 valence electrons. The van der Waals surface area contributed by atoms with E-state index in [0.29, 0.717) is 5.92 Å². The quantitative estimate of drug-likeness (QED) is 0.145. The lowest BCUT2D eigenvalue weighted by Crippen LogP contribution is -2.28. The van der Waals surface area contributed by atoms with Gasteiger partial charge in [0.15, 0.2) is 0 Å². The SMILES string of the molecule is CC1(C)c2ccccc2-c2nc3ccccc3c(-c3ccc(-c4ccc5c(c4)C(c4ccccc4)(c4ccccc4)c4ccccc4-5)cc3)c21.CC1(C)c2ccccc2-c2nc3ccccc3c(-c3ccc(-c4ccc5c(c4)C4(c6ccccc6-c6ccccc64)c4ccccc4-5)cc3)c21.CC1(C)c2ccccc2-c2nc3ccccc3c(-c3ccc(C4C(c5ccccc5)=NC5C=CC=CC54)cc3)c21. The molecule has 4 heteroatoms. The molecular formula is C136H98N4. The molecule has 1 aliphatic heterocycles. The van der Waals surface area contributed by atoms with Crippen LogP contribution in [0.5, 0.6) is 0 Å². The molecule has 140 heavy (non-hydrogen) atoms. The van der Waals surface area contributed by atoms with Crippen LogP contribution in [0.1, 0.15) is 136 Å². The highest BCUT2D eigenvalue weighted by atomic mass is 14.9. The highest BCUT2D eigenvalue weighted by Crippen LogP contribution is 2.65. The van der Waals surface area contributed by atoms with Crippen molar-refractivity contribution in [3.05, 3.63) is 556 Å². The lowest BCUT2D eigenvalue weighted by Gasteiger charge is -2.34. The van der Waals surface area contributed by atoms with Crippen LogP contribution in [0.25, 0.3) is 155 Å². The van der Waals surface area contributed by atoms with Gasteiger partial charge in [-0.2, -0.15) is 0 Å². The van der Waals surface area contributed by atoms with Crippen LogP contribution in [0, 0.1) is 5.92 Å². The Bertz CT molecular complexity index is 8420. The highest BCUT2D eigenvalue weighted by Gasteiger charge is 2.53. The lowest BCUT2D eigenvalue weighted by molar-refractivity contribution is 0.583. The van der Waals surface area contributed by atoms with Crippen molar-refractivity contribution in [3.8, 4) is 123 Å². The number of nitrogens with zero attached hydrogens (tertiary/aromatic N) is 4. The third-order valence-corrected chi connectivity index (χ3v) is 32.3. The van der Waals surface area contributed by atoms with E-state index in [1.165, 1.54) is 217 Å².